The van der Waals surface area contributed by atoms with Crippen molar-refractivity contribution >= 4 is 23.8 Å². The number of carbonyl (C=O) groups excluding carboxylic acids is 2. The maximum Gasteiger partial charge on any atom is 0.135 e. The van der Waals surface area contributed by atoms with E-state index in [-0.39, 0.29) is 5.54 Å². The maximum atomic E-state index is 11.4. The van der Waals surface area contributed by atoms with Crippen molar-refractivity contribution in [3.63, 3.8) is 0 Å². The molecule has 4 heteroatoms. The first-order valence-electron chi connectivity index (χ1n) is 6.01. The van der Waals surface area contributed by atoms with Gasteiger partial charge in [-0.25, -0.2) is 0 Å². The molecule has 1 saturated carbocycles. The predicted molar refractivity (Wildman–Crippen MR) is 65.4 cm³/mol. The van der Waals surface area contributed by atoms with E-state index >= 15 is 0 Å². The van der Waals surface area contributed by atoms with Crippen LogP contribution in [-0.2, 0) is 9.59 Å². The molecule has 0 aromatic carbocycles. The Morgan fingerprint density at radius 3 is 3.06 bits per heavy atom. The van der Waals surface area contributed by atoms with Gasteiger partial charge in [0.15, 0.2) is 0 Å². The van der Waals surface area contributed by atoms with Crippen molar-refractivity contribution in [3.8, 4) is 0 Å². The summed E-state index contributed by atoms with van der Waals surface area (Å²) in [6.07, 6.45) is 6.06. The van der Waals surface area contributed by atoms with Crippen LogP contribution in [0.25, 0.3) is 0 Å². The van der Waals surface area contributed by atoms with E-state index in [9.17, 15) is 9.59 Å². The van der Waals surface area contributed by atoms with Gasteiger partial charge in [-0.2, -0.15) is 11.8 Å². The summed E-state index contributed by atoms with van der Waals surface area (Å²) in [6, 6.07) is 0. The fraction of sp³-hybridized carbons (Fsp3) is 0.833. The minimum atomic E-state index is -0.211. The van der Waals surface area contributed by atoms with Gasteiger partial charge < -0.3 is 10.5 Å². The summed E-state index contributed by atoms with van der Waals surface area (Å²) in [7, 11) is 0. The fourth-order valence-electron chi connectivity index (χ4n) is 2.91. The normalized spacial score (nSPS) is 37.7. The standard InChI is InChI=1S/C12H19NO2S/c13-12-7-9(15)6-10(12)11(16-8-12)4-2-1-3-5-14/h5,10-11H,1-4,6-8,13H2. The number of carbonyl (C=O) groups is 2. The quantitative estimate of drug-likeness (QED) is 0.586. The average Bonchev–Trinajstić information content (AvgIpc) is 2.67. The lowest BCUT2D eigenvalue weighted by molar-refractivity contribution is -0.117. The third-order valence-electron chi connectivity index (χ3n) is 3.79. The van der Waals surface area contributed by atoms with Crippen molar-refractivity contribution in [1.82, 2.24) is 0 Å². The predicted octanol–water partition coefficient (Wildman–Crippen LogP) is 1.54. The van der Waals surface area contributed by atoms with Crippen LogP contribution in [0.1, 0.15) is 38.5 Å². The number of fused-ring (bicyclic) bond motifs is 1. The first-order valence-corrected chi connectivity index (χ1v) is 7.06. The van der Waals surface area contributed by atoms with Crippen LogP contribution in [0.15, 0.2) is 0 Å². The summed E-state index contributed by atoms with van der Waals surface area (Å²) in [5, 5.41) is 0.545. The van der Waals surface area contributed by atoms with Crippen LogP contribution < -0.4 is 5.73 Å². The molecular formula is C12H19NO2S. The van der Waals surface area contributed by atoms with Crippen molar-refractivity contribution in [3.05, 3.63) is 0 Å². The number of nitrogens with two attached hydrogens (primary N) is 1. The third kappa shape index (κ3) is 2.33. The Kier molecular flexibility index (Phi) is 3.70. The van der Waals surface area contributed by atoms with Gasteiger partial charge in [0, 0.05) is 35.8 Å². The highest BCUT2D eigenvalue weighted by atomic mass is 32.2. The van der Waals surface area contributed by atoms with Gasteiger partial charge in [-0.3, -0.25) is 4.79 Å². The van der Waals surface area contributed by atoms with Gasteiger partial charge >= 0.3 is 0 Å². The van der Waals surface area contributed by atoms with Gasteiger partial charge in [-0.15, -0.1) is 0 Å². The molecule has 16 heavy (non-hydrogen) atoms. The number of thioether (sulfide) groups is 1. The number of rotatable bonds is 5. The van der Waals surface area contributed by atoms with Crippen molar-refractivity contribution < 1.29 is 9.59 Å². The highest BCUT2D eigenvalue weighted by molar-refractivity contribution is 8.00. The number of hydrogen-bond acceptors (Lipinski definition) is 4. The Hall–Kier alpha value is -0.350. The summed E-state index contributed by atoms with van der Waals surface area (Å²) in [6.45, 7) is 0. The molecule has 2 aliphatic rings. The van der Waals surface area contributed by atoms with Gasteiger partial charge in [-0.05, 0) is 18.8 Å². The lowest BCUT2D eigenvalue weighted by Gasteiger charge is -2.24. The molecule has 90 valence electrons. The van der Waals surface area contributed by atoms with Gasteiger partial charge in [0.25, 0.3) is 0 Å². The highest BCUT2D eigenvalue weighted by Crippen LogP contribution is 2.48. The van der Waals surface area contributed by atoms with Gasteiger partial charge in [0.1, 0.15) is 12.1 Å². The zero-order valence-electron chi connectivity index (χ0n) is 9.48. The number of unbranched alkanes of at least 4 members (excludes halogenated alkanes) is 2. The lowest BCUT2D eigenvalue weighted by Crippen LogP contribution is -2.44. The monoisotopic (exact) mass is 241 g/mol. The van der Waals surface area contributed by atoms with Gasteiger partial charge in [0.2, 0.25) is 0 Å². The number of Topliss-reactive ketones (excluding diaryl/α,β-unsaturated/α-hetero) is 1. The van der Waals surface area contributed by atoms with Crippen molar-refractivity contribution in [2.75, 3.05) is 5.75 Å². The Labute approximate surface area is 101 Å². The molecule has 1 aliphatic heterocycles. The van der Waals surface area contributed by atoms with E-state index in [0.29, 0.717) is 36.2 Å². The third-order valence-corrected chi connectivity index (χ3v) is 5.48. The van der Waals surface area contributed by atoms with E-state index < -0.39 is 0 Å². The summed E-state index contributed by atoms with van der Waals surface area (Å²) >= 11 is 1.93. The summed E-state index contributed by atoms with van der Waals surface area (Å²) in [5.74, 6) is 1.66. The van der Waals surface area contributed by atoms with Crippen molar-refractivity contribution in [1.29, 1.82) is 0 Å². The molecule has 3 nitrogen and oxygen atoms in total. The molecule has 0 amide bonds. The van der Waals surface area contributed by atoms with E-state index in [1.54, 1.807) is 0 Å². The summed E-state index contributed by atoms with van der Waals surface area (Å²) in [5.41, 5.74) is 6.07. The zero-order valence-corrected chi connectivity index (χ0v) is 10.3. The minimum Gasteiger partial charge on any atom is -0.324 e. The van der Waals surface area contributed by atoms with Crippen molar-refractivity contribution in [2.24, 2.45) is 11.7 Å². The second kappa shape index (κ2) is 4.88. The number of hydrogen-bond donors (Lipinski definition) is 1. The Morgan fingerprint density at radius 1 is 1.50 bits per heavy atom. The summed E-state index contributed by atoms with van der Waals surface area (Å²) in [4.78, 5) is 21.7. The molecule has 2 N–H and O–H groups in total. The molecule has 3 unspecified atom stereocenters. The molecule has 0 radical (unpaired) electrons. The molecule has 1 aliphatic carbocycles. The van der Waals surface area contributed by atoms with Crippen molar-refractivity contribution in [2.45, 2.75) is 49.3 Å². The SMILES string of the molecule is NC12CSC(CCCCC=O)C1CC(=O)C2. The molecule has 1 saturated heterocycles. The first kappa shape index (κ1) is 12.1. The van der Waals surface area contributed by atoms with E-state index in [2.05, 4.69) is 0 Å². The molecule has 2 rings (SSSR count). The molecule has 2 fully saturated rings. The number of aldehydes is 1. The largest absolute Gasteiger partial charge is 0.324 e. The molecule has 1 heterocycles. The minimum absolute atomic E-state index is 0.211. The van der Waals surface area contributed by atoms with E-state index in [4.69, 9.17) is 5.73 Å². The lowest BCUT2D eigenvalue weighted by atomic mass is 9.86. The van der Waals surface area contributed by atoms with Crippen LogP contribution in [-0.4, -0.2) is 28.6 Å². The molecule has 0 spiro atoms. The maximum absolute atomic E-state index is 11.4. The van der Waals surface area contributed by atoms with E-state index in [1.165, 1.54) is 0 Å². The Balaban J connectivity index is 1.83. The topological polar surface area (TPSA) is 60.2 Å². The average molecular weight is 241 g/mol. The van der Waals surface area contributed by atoms with Crippen LogP contribution in [0.5, 0.6) is 0 Å². The van der Waals surface area contributed by atoms with Gasteiger partial charge in [-0.1, -0.05) is 6.42 Å². The van der Waals surface area contributed by atoms with Crippen LogP contribution in [0.2, 0.25) is 0 Å². The van der Waals surface area contributed by atoms with E-state index in [0.717, 1.165) is 31.3 Å². The highest BCUT2D eigenvalue weighted by Gasteiger charge is 2.52. The molecular weight excluding hydrogens is 222 g/mol. The van der Waals surface area contributed by atoms with E-state index in [1.807, 2.05) is 11.8 Å². The van der Waals surface area contributed by atoms with Crippen LogP contribution in [0, 0.1) is 5.92 Å². The second-order valence-corrected chi connectivity index (χ2v) is 6.29. The fourth-order valence-corrected chi connectivity index (χ4v) is 4.69. The zero-order chi connectivity index (χ0) is 11.6. The molecule has 0 aromatic rings. The Morgan fingerprint density at radius 2 is 2.31 bits per heavy atom. The molecule has 0 bridgehead atoms. The van der Waals surface area contributed by atoms with Crippen LogP contribution in [0.3, 0.4) is 0 Å². The van der Waals surface area contributed by atoms with Crippen LogP contribution >= 0.6 is 11.8 Å². The summed E-state index contributed by atoms with van der Waals surface area (Å²) < 4.78 is 0. The smallest absolute Gasteiger partial charge is 0.135 e. The molecule has 3 atom stereocenters. The van der Waals surface area contributed by atoms with Crippen LogP contribution in [0.4, 0.5) is 0 Å². The second-order valence-electron chi connectivity index (χ2n) is 5.06. The Bertz CT molecular complexity index is 295. The number of ketones is 1. The van der Waals surface area contributed by atoms with Gasteiger partial charge in [0.05, 0.1) is 0 Å². The first-order chi connectivity index (χ1) is 7.65. The molecule has 0 aromatic heterocycles.